The number of fused-ring (bicyclic) bond motifs is 1. The zero-order valence-corrected chi connectivity index (χ0v) is 17.1. The molecule has 6 heteroatoms. The molecule has 3 aromatic carbocycles. The number of rotatable bonds is 6. The molecule has 3 aromatic rings. The van der Waals surface area contributed by atoms with E-state index in [1.165, 1.54) is 13.8 Å². The Morgan fingerprint density at radius 3 is 2.33 bits per heavy atom. The Balaban J connectivity index is 1.55. The molecule has 0 bridgehead atoms. The van der Waals surface area contributed by atoms with Crippen LogP contribution in [0.25, 0.3) is 10.8 Å². The number of hydrogen-bond acceptors (Lipinski definition) is 4. The number of nitrogens with one attached hydrogen (secondary N) is 2. The van der Waals surface area contributed by atoms with E-state index >= 15 is 0 Å². The van der Waals surface area contributed by atoms with Crippen molar-refractivity contribution in [2.75, 3.05) is 5.32 Å². The lowest BCUT2D eigenvalue weighted by molar-refractivity contribution is -0.154. The first kappa shape index (κ1) is 21.0. The number of anilines is 1. The number of aryl methyl sites for hydroxylation is 1. The molecule has 0 saturated heterocycles. The van der Waals surface area contributed by atoms with Gasteiger partial charge in [-0.1, -0.05) is 48.0 Å². The van der Waals surface area contributed by atoms with E-state index in [4.69, 9.17) is 4.74 Å². The molecule has 30 heavy (non-hydrogen) atoms. The summed E-state index contributed by atoms with van der Waals surface area (Å²) in [5.41, 5.74) is 2.01. The molecule has 0 aromatic heterocycles. The Bertz CT molecular complexity index is 1090. The molecule has 0 aliphatic heterocycles. The molecule has 0 unspecified atom stereocenters. The third kappa shape index (κ3) is 5.23. The average Bonchev–Trinajstić information content (AvgIpc) is 2.73. The fraction of sp³-hybridized carbons (Fsp3) is 0.208. The van der Waals surface area contributed by atoms with Gasteiger partial charge in [0.15, 0.2) is 6.10 Å². The predicted molar refractivity (Wildman–Crippen MR) is 116 cm³/mol. The third-order valence-corrected chi connectivity index (χ3v) is 4.66. The van der Waals surface area contributed by atoms with Gasteiger partial charge in [-0.05, 0) is 55.8 Å². The van der Waals surface area contributed by atoms with Crippen LogP contribution in [0.3, 0.4) is 0 Å². The van der Waals surface area contributed by atoms with Crippen molar-refractivity contribution in [2.45, 2.75) is 32.9 Å². The van der Waals surface area contributed by atoms with E-state index in [-0.39, 0.29) is 5.91 Å². The van der Waals surface area contributed by atoms with Crippen molar-refractivity contribution < 1.29 is 19.1 Å². The first-order chi connectivity index (χ1) is 14.3. The van der Waals surface area contributed by atoms with Crippen LogP contribution in [0.2, 0.25) is 0 Å². The highest BCUT2D eigenvalue weighted by Crippen LogP contribution is 2.19. The second kappa shape index (κ2) is 9.22. The van der Waals surface area contributed by atoms with Crippen molar-refractivity contribution in [2.24, 2.45) is 0 Å². The van der Waals surface area contributed by atoms with E-state index in [2.05, 4.69) is 10.6 Å². The highest BCUT2D eigenvalue weighted by Gasteiger charge is 2.23. The normalized spacial score (nSPS) is 12.6. The minimum absolute atomic E-state index is 0.378. The lowest BCUT2D eigenvalue weighted by Crippen LogP contribution is -2.42. The third-order valence-electron chi connectivity index (χ3n) is 4.66. The van der Waals surface area contributed by atoms with Crippen LogP contribution in [-0.4, -0.2) is 29.9 Å². The maximum absolute atomic E-state index is 12.4. The highest BCUT2D eigenvalue weighted by molar-refractivity contribution is 5.99. The van der Waals surface area contributed by atoms with Crippen LogP contribution in [-0.2, 0) is 14.3 Å². The number of carbonyl (C=O) groups is 3. The highest BCUT2D eigenvalue weighted by atomic mass is 16.5. The van der Waals surface area contributed by atoms with Crippen LogP contribution in [0.15, 0.2) is 66.7 Å². The summed E-state index contributed by atoms with van der Waals surface area (Å²) in [6.45, 7) is 4.89. The topological polar surface area (TPSA) is 84.5 Å². The first-order valence-corrected chi connectivity index (χ1v) is 9.71. The number of ether oxygens (including phenoxy) is 1. The lowest BCUT2D eigenvalue weighted by atomic mass is 10.1. The Labute approximate surface area is 175 Å². The number of hydrogen-bond donors (Lipinski definition) is 2. The van der Waals surface area contributed by atoms with E-state index in [9.17, 15) is 14.4 Å². The summed E-state index contributed by atoms with van der Waals surface area (Å²) >= 11 is 0. The van der Waals surface area contributed by atoms with Crippen molar-refractivity contribution >= 4 is 34.2 Å². The summed E-state index contributed by atoms with van der Waals surface area (Å²) < 4.78 is 5.23. The minimum Gasteiger partial charge on any atom is -0.451 e. The number of esters is 1. The van der Waals surface area contributed by atoms with Crippen LogP contribution in [0, 0.1) is 6.92 Å². The quantitative estimate of drug-likeness (QED) is 0.612. The molecule has 2 amide bonds. The Kier molecular flexibility index (Phi) is 6.47. The van der Waals surface area contributed by atoms with Gasteiger partial charge in [-0.3, -0.25) is 9.59 Å². The van der Waals surface area contributed by atoms with Gasteiger partial charge in [0.25, 0.3) is 11.8 Å². The molecule has 3 rings (SSSR count). The maximum Gasteiger partial charge on any atom is 0.329 e. The van der Waals surface area contributed by atoms with Gasteiger partial charge in [0, 0.05) is 11.3 Å². The smallest absolute Gasteiger partial charge is 0.329 e. The minimum atomic E-state index is -1.01. The zero-order chi connectivity index (χ0) is 21.7. The van der Waals surface area contributed by atoms with Gasteiger partial charge < -0.3 is 15.4 Å². The van der Waals surface area contributed by atoms with Crippen LogP contribution in [0.1, 0.15) is 29.8 Å². The number of amides is 2. The molecule has 0 aliphatic carbocycles. The first-order valence-electron chi connectivity index (χ1n) is 9.71. The molecule has 0 aliphatic rings. The van der Waals surface area contributed by atoms with Crippen LogP contribution in [0.4, 0.5) is 5.69 Å². The number of benzene rings is 3. The molecule has 2 N–H and O–H groups in total. The van der Waals surface area contributed by atoms with Gasteiger partial charge in [-0.2, -0.15) is 0 Å². The van der Waals surface area contributed by atoms with Crippen LogP contribution >= 0.6 is 0 Å². The number of carbonyl (C=O) groups excluding carboxylic acids is 3. The summed E-state index contributed by atoms with van der Waals surface area (Å²) in [4.78, 5) is 37.0. The zero-order valence-electron chi connectivity index (χ0n) is 17.1. The Morgan fingerprint density at radius 1 is 0.867 bits per heavy atom. The molecular weight excluding hydrogens is 380 g/mol. The molecule has 6 nitrogen and oxygen atoms in total. The van der Waals surface area contributed by atoms with E-state index in [0.29, 0.717) is 11.3 Å². The van der Waals surface area contributed by atoms with Crippen LogP contribution in [0.5, 0.6) is 0 Å². The fourth-order valence-corrected chi connectivity index (χ4v) is 2.97. The molecule has 0 saturated carbocycles. The summed E-state index contributed by atoms with van der Waals surface area (Å²) in [6, 6.07) is 19.5. The monoisotopic (exact) mass is 404 g/mol. The molecule has 154 valence electrons. The van der Waals surface area contributed by atoms with Gasteiger partial charge in [0.05, 0.1) is 0 Å². The van der Waals surface area contributed by atoms with Crippen molar-refractivity contribution in [3.63, 3.8) is 0 Å². The second-order valence-corrected chi connectivity index (χ2v) is 7.19. The molecule has 0 spiro atoms. The predicted octanol–water partition coefficient (Wildman–Crippen LogP) is 3.84. The van der Waals surface area contributed by atoms with Crippen molar-refractivity contribution in [3.05, 3.63) is 77.9 Å². The standard InChI is InChI=1S/C24H24N2O4/c1-15-7-6-10-20(13-15)23(28)25-16(2)24(29)30-17(3)22(27)26-21-12-11-18-8-4-5-9-19(18)14-21/h4-14,16-17H,1-3H3,(H,25,28)(H,26,27)/t16-,17-/m0/s1. The average molecular weight is 404 g/mol. The van der Waals surface area contributed by atoms with E-state index < -0.39 is 24.0 Å². The Morgan fingerprint density at radius 2 is 1.60 bits per heavy atom. The van der Waals surface area contributed by atoms with E-state index in [0.717, 1.165) is 16.3 Å². The van der Waals surface area contributed by atoms with E-state index in [1.807, 2.05) is 49.4 Å². The second-order valence-electron chi connectivity index (χ2n) is 7.19. The van der Waals surface area contributed by atoms with Gasteiger partial charge in [-0.15, -0.1) is 0 Å². The SMILES string of the molecule is Cc1cccc(C(=O)N[C@@H](C)C(=O)O[C@@H](C)C(=O)Nc2ccc3ccccc3c2)c1. The van der Waals surface area contributed by atoms with Gasteiger partial charge in [-0.25, -0.2) is 4.79 Å². The fourth-order valence-electron chi connectivity index (χ4n) is 2.97. The largest absolute Gasteiger partial charge is 0.451 e. The van der Waals surface area contributed by atoms with Crippen molar-refractivity contribution in [3.8, 4) is 0 Å². The molecule has 0 radical (unpaired) electrons. The summed E-state index contributed by atoms with van der Waals surface area (Å²) in [6.07, 6.45) is -1.01. The molecular formula is C24H24N2O4. The van der Waals surface area contributed by atoms with Crippen molar-refractivity contribution in [1.29, 1.82) is 0 Å². The summed E-state index contributed by atoms with van der Waals surface area (Å²) in [5, 5.41) is 7.40. The van der Waals surface area contributed by atoms with Gasteiger partial charge in [0.1, 0.15) is 6.04 Å². The maximum atomic E-state index is 12.4. The van der Waals surface area contributed by atoms with Gasteiger partial charge in [0.2, 0.25) is 0 Å². The lowest BCUT2D eigenvalue weighted by Gasteiger charge is -2.18. The van der Waals surface area contributed by atoms with Gasteiger partial charge >= 0.3 is 5.97 Å². The Hall–Kier alpha value is -3.67. The molecule has 2 atom stereocenters. The summed E-state index contributed by atoms with van der Waals surface area (Å²) in [5.74, 6) is -1.51. The van der Waals surface area contributed by atoms with Crippen LogP contribution < -0.4 is 10.6 Å². The molecule has 0 fully saturated rings. The van der Waals surface area contributed by atoms with Crippen molar-refractivity contribution in [1.82, 2.24) is 5.32 Å². The molecule has 0 heterocycles. The summed E-state index contributed by atoms with van der Waals surface area (Å²) in [7, 11) is 0. The van der Waals surface area contributed by atoms with E-state index in [1.54, 1.807) is 24.3 Å².